The first kappa shape index (κ1) is 45.0. The van der Waals surface area contributed by atoms with Crippen molar-refractivity contribution in [2.45, 2.75) is 9.79 Å². The number of aromatic nitrogens is 8. The first-order chi connectivity index (χ1) is 32.8. The monoisotopic (exact) mass is 954 g/mol. The molecule has 4 aliphatic heterocycles. The van der Waals surface area contributed by atoms with Gasteiger partial charge in [0, 0.05) is 55.3 Å². The number of hydrogen-bond acceptors (Lipinski definition) is 10. The second kappa shape index (κ2) is 18.0. The van der Waals surface area contributed by atoms with Crippen molar-refractivity contribution in [2.75, 3.05) is 0 Å². The molecule has 0 spiro atoms. The van der Waals surface area contributed by atoms with E-state index in [-0.39, 0.29) is 32.8 Å². The molecule has 6 aromatic heterocycles. The Morgan fingerprint density at radius 3 is 0.783 bits per heavy atom. The molecule has 12 rings (SSSR count). The average molecular weight is 955 g/mol. The Hall–Kier alpha value is -7.77. The van der Waals surface area contributed by atoms with Crippen LogP contribution in [-0.2, 0) is 20.2 Å². The van der Waals surface area contributed by atoms with Crippen molar-refractivity contribution in [3.63, 3.8) is 0 Å². The van der Waals surface area contributed by atoms with Crippen LogP contribution in [0.3, 0.4) is 0 Å². The van der Waals surface area contributed by atoms with Crippen molar-refractivity contribution >= 4 is 136 Å². The second-order valence-electron chi connectivity index (χ2n) is 16.1. The largest absolute Gasteiger partial charge is 2.00 e. The zero-order chi connectivity index (χ0) is 46.6. The summed E-state index contributed by atoms with van der Waals surface area (Å²) >= 11 is 0. The number of aromatic amines is 4. The molecule has 0 saturated carbocycles. The number of nitrogens with zero attached hydrogens (tertiary/aromatic N) is 4. The summed E-state index contributed by atoms with van der Waals surface area (Å²) in [5, 5.41) is 0. The van der Waals surface area contributed by atoms with Gasteiger partial charge in [-0.1, -0.05) is 24.3 Å². The van der Waals surface area contributed by atoms with Gasteiger partial charge in [-0.3, -0.25) is 0 Å². The van der Waals surface area contributed by atoms with Crippen LogP contribution >= 0.6 is 0 Å². The summed E-state index contributed by atoms with van der Waals surface area (Å²) in [6, 6.07) is 39.6. The summed E-state index contributed by atoms with van der Waals surface area (Å²) in [6.45, 7) is 0. The van der Waals surface area contributed by atoms with Crippen LogP contribution in [0.4, 0.5) is 0 Å². The zero-order valence-electron chi connectivity index (χ0n) is 36.1. The van der Waals surface area contributed by atoms with Crippen molar-refractivity contribution in [3.8, 4) is 22.3 Å². The van der Waals surface area contributed by atoms with Gasteiger partial charge in [-0.15, -0.1) is 0 Å². The van der Waals surface area contributed by atoms with E-state index in [9.17, 15) is 25.9 Å². The second-order valence-corrected chi connectivity index (χ2v) is 18.8. The molecule has 8 aromatic rings. The summed E-state index contributed by atoms with van der Waals surface area (Å²) in [7, 11) is -9.07. The summed E-state index contributed by atoms with van der Waals surface area (Å²) in [5.41, 5.74) is 16.3. The molecular weight excluding hydrogens is 921 g/mol. The quantitative estimate of drug-likeness (QED) is 0.0963. The average Bonchev–Trinajstić information content (AvgIpc) is 4.16. The van der Waals surface area contributed by atoms with Crippen LogP contribution in [0, 0.1) is 0 Å². The Kier molecular flexibility index (Phi) is 11.8. The van der Waals surface area contributed by atoms with Crippen LogP contribution in [0.25, 0.3) is 115 Å². The molecule has 69 heavy (non-hydrogen) atoms. The third kappa shape index (κ3) is 9.82. The maximum absolute atomic E-state index is 11.4. The standard InChI is InChI=1S/2C26H18N4O3S.Mg/c2*31-34(32,33)23-9-1-16(2-10-23)26-24-11-7-21(29-24)14-19-5-3-17(27-19)13-18-4-6-20(28-18)15-22-8-12-25(26)30-22;/h2*1-15,27-28H,(H,31,32,33);/q;;+2/p-2. The molecule has 0 aliphatic carbocycles. The van der Waals surface area contributed by atoms with E-state index in [4.69, 9.17) is 19.9 Å². The fourth-order valence-corrected chi connectivity index (χ4v) is 9.12. The topological polar surface area (TPSA) is 229 Å². The molecule has 0 atom stereocenters. The summed E-state index contributed by atoms with van der Waals surface area (Å²) in [4.78, 5) is 32.1. The van der Waals surface area contributed by atoms with Gasteiger partial charge >= 0.3 is 23.1 Å². The minimum absolute atomic E-state index is 0. The molecule has 0 radical (unpaired) electrons. The van der Waals surface area contributed by atoms with Gasteiger partial charge in [0.2, 0.25) is 0 Å². The third-order valence-corrected chi connectivity index (χ3v) is 13.0. The van der Waals surface area contributed by atoms with Crippen molar-refractivity contribution < 1.29 is 25.9 Å². The fraction of sp³-hybridized carbons (Fsp3) is 0. The van der Waals surface area contributed by atoms with Crippen LogP contribution in [0.2, 0.25) is 0 Å². The van der Waals surface area contributed by atoms with E-state index in [1.54, 1.807) is 24.3 Å². The number of fused-ring (bicyclic) bond motifs is 16. The first-order valence-corrected chi connectivity index (χ1v) is 23.9. The Morgan fingerprint density at radius 2 is 0.551 bits per heavy atom. The van der Waals surface area contributed by atoms with Gasteiger partial charge in [0.25, 0.3) is 0 Å². The molecule has 4 N–H and O–H groups in total. The number of nitrogens with one attached hydrogen (secondary N) is 4. The van der Waals surface area contributed by atoms with Gasteiger partial charge in [-0.05, 0) is 169 Å². The van der Waals surface area contributed by atoms with E-state index in [0.29, 0.717) is 33.9 Å². The Labute approximate surface area is 410 Å². The van der Waals surface area contributed by atoms with Gasteiger partial charge < -0.3 is 29.0 Å². The SMILES string of the molecule is O=S(=O)([O-])c1ccc(-c2c3nc(cc4ccc(cc5ccc(cc6nc2C=C6)[nH]5)[nH]4)C=C3)cc1.O=S(=O)([O-])c1ccc(-c2c3nc(cc4ccc(cc5ccc(cc6nc2C=C6)[nH]5)[nH]4)C=C3)cc1.[Mg+2]. The zero-order valence-corrected chi connectivity index (χ0v) is 39.1. The molecular formula is C52H34MgN8O6S2. The van der Waals surface area contributed by atoms with Crippen molar-refractivity contribution in [2.24, 2.45) is 0 Å². The normalized spacial score (nSPS) is 12.7. The maximum Gasteiger partial charge on any atom is 2.00 e. The minimum Gasteiger partial charge on any atom is -0.744 e. The van der Waals surface area contributed by atoms with Gasteiger partial charge in [0.05, 0.1) is 55.3 Å². The molecule has 0 amide bonds. The number of benzene rings is 2. The predicted molar refractivity (Wildman–Crippen MR) is 270 cm³/mol. The van der Waals surface area contributed by atoms with Gasteiger partial charge in [0.1, 0.15) is 20.2 Å². The van der Waals surface area contributed by atoms with Gasteiger partial charge in [-0.2, -0.15) is 0 Å². The smallest absolute Gasteiger partial charge is 0.744 e. The maximum atomic E-state index is 11.4. The molecule has 4 aliphatic rings. The Balaban J connectivity index is 0.000000158. The number of hydrogen-bond donors (Lipinski definition) is 4. The molecule has 332 valence electrons. The minimum atomic E-state index is -4.53. The first-order valence-electron chi connectivity index (χ1n) is 21.1. The van der Waals surface area contributed by atoms with Crippen molar-refractivity contribution in [3.05, 3.63) is 179 Å². The van der Waals surface area contributed by atoms with Crippen LogP contribution in [0.15, 0.2) is 143 Å². The van der Waals surface area contributed by atoms with E-state index >= 15 is 0 Å². The van der Waals surface area contributed by atoms with Crippen LogP contribution in [0.1, 0.15) is 45.6 Å². The van der Waals surface area contributed by atoms with E-state index in [1.807, 2.05) is 134 Å². The molecule has 16 bridgehead atoms. The predicted octanol–water partition coefficient (Wildman–Crippen LogP) is 10.1. The molecule has 0 fully saturated rings. The van der Waals surface area contributed by atoms with Crippen LogP contribution in [-0.4, -0.2) is 88.9 Å². The fourth-order valence-electron chi connectivity index (χ4n) is 8.18. The molecule has 10 heterocycles. The Bertz CT molecular complexity index is 3640. The summed E-state index contributed by atoms with van der Waals surface area (Å²) in [5.74, 6) is 0. The van der Waals surface area contributed by atoms with Crippen molar-refractivity contribution in [1.82, 2.24) is 39.9 Å². The third-order valence-electron chi connectivity index (χ3n) is 11.3. The summed E-state index contributed by atoms with van der Waals surface area (Å²) in [6.07, 6.45) is 15.3. The molecule has 14 nitrogen and oxygen atoms in total. The molecule has 17 heteroatoms. The summed E-state index contributed by atoms with van der Waals surface area (Å²) < 4.78 is 68.3. The van der Waals surface area contributed by atoms with E-state index < -0.39 is 20.2 Å². The van der Waals surface area contributed by atoms with Crippen LogP contribution < -0.4 is 0 Å². The van der Waals surface area contributed by atoms with E-state index in [2.05, 4.69) is 19.9 Å². The molecule has 0 unspecified atom stereocenters. The van der Waals surface area contributed by atoms with Crippen LogP contribution in [0.5, 0.6) is 0 Å². The van der Waals surface area contributed by atoms with E-state index in [1.165, 1.54) is 24.3 Å². The number of H-pyrrole nitrogens is 4. The van der Waals surface area contributed by atoms with Gasteiger partial charge in [-0.25, -0.2) is 36.8 Å². The van der Waals surface area contributed by atoms with Crippen molar-refractivity contribution in [1.29, 1.82) is 0 Å². The van der Waals surface area contributed by atoms with E-state index in [0.717, 1.165) is 78.0 Å². The molecule has 2 aromatic carbocycles. The molecule has 0 saturated heterocycles. The van der Waals surface area contributed by atoms with Gasteiger partial charge in [0.15, 0.2) is 0 Å². The Morgan fingerprint density at radius 1 is 0.319 bits per heavy atom. The number of rotatable bonds is 4.